The molecule has 1 atom stereocenters. The zero-order chi connectivity index (χ0) is 14.7. The van der Waals surface area contributed by atoms with Crippen molar-refractivity contribution in [2.24, 2.45) is 0 Å². The van der Waals surface area contributed by atoms with E-state index in [2.05, 4.69) is 0 Å². The van der Waals surface area contributed by atoms with Gasteiger partial charge >= 0.3 is 0 Å². The molecule has 0 bridgehead atoms. The van der Waals surface area contributed by atoms with Crippen LogP contribution in [-0.4, -0.2) is 19.2 Å². The molecule has 2 aromatic rings. The maximum atomic E-state index is 13.2. The molecule has 0 aromatic heterocycles. The fraction of sp³-hybridized carbons (Fsp3) is 0.250. The highest BCUT2D eigenvalue weighted by atomic mass is 19.1. The summed E-state index contributed by atoms with van der Waals surface area (Å²) in [6.07, 6.45) is -0.794. The van der Waals surface area contributed by atoms with Crippen molar-refractivity contribution < 1.29 is 14.2 Å². The topological polar surface area (TPSA) is 32.7 Å². The number of hydrogen-bond donors (Lipinski definition) is 1. The second-order valence-corrected chi connectivity index (χ2v) is 4.85. The summed E-state index contributed by atoms with van der Waals surface area (Å²) in [6.45, 7) is 1.58. The van der Waals surface area contributed by atoms with Gasteiger partial charge in [0, 0.05) is 31.4 Å². The van der Waals surface area contributed by atoms with Crippen molar-refractivity contribution in [1.29, 1.82) is 0 Å². The number of halogens is 1. The lowest BCUT2D eigenvalue weighted by atomic mass is 10.1. The predicted molar refractivity (Wildman–Crippen MR) is 77.9 cm³/mol. The number of hydrogen-bond acceptors (Lipinski definition) is 3. The molecule has 2 rings (SSSR count). The maximum absolute atomic E-state index is 13.2. The van der Waals surface area contributed by atoms with Crippen LogP contribution in [-0.2, 0) is 0 Å². The molecule has 0 saturated carbocycles. The van der Waals surface area contributed by atoms with E-state index in [1.807, 2.05) is 43.3 Å². The molecule has 0 aliphatic rings. The lowest BCUT2D eigenvalue weighted by molar-refractivity contribution is 0.195. The predicted octanol–water partition coefficient (Wildman–Crippen LogP) is 3.74. The van der Waals surface area contributed by atoms with Gasteiger partial charge in [-0.2, -0.15) is 0 Å². The van der Waals surface area contributed by atoms with Gasteiger partial charge in [-0.1, -0.05) is 6.07 Å². The minimum Gasteiger partial charge on any atom is -0.457 e. The minimum atomic E-state index is -0.794. The first-order chi connectivity index (χ1) is 9.47. The Balaban J connectivity index is 2.32. The fourth-order valence-corrected chi connectivity index (χ4v) is 1.89. The Kier molecular flexibility index (Phi) is 4.25. The van der Waals surface area contributed by atoms with E-state index in [0.29, 0.717) is 17.1 Å². The van der Waals surface area contributed by atoms with Crippen LogP contribution >= 0.6 is 0 Å². The van der Waals surface area contributed by atoms with Crippen LogP contribution in [0.2, 0.25) is 0 Å². The molecule has 1 unspecified atom stereocenters. The average molecular weight is 275 g/mol. The minimum absolute atomic E-state index is 0.393. The zero-order valence-corrected chi connectivity index (χ0v) is 11.8. The molecule has 0 radical (unpaired) electrons. The molecule has 1 N–H and O–H groups in total. The van der Waals surface area contributed by atoms with E-state index in [1.54, 1.807) is 6.92 Å². The SMILES string of the molecule is CC(O)c1cc(F)ccc1Oc1cccc(N(C)C)c1. The number of nitrogens with zero attached hydrogens (tertiary/aromatic N) is 1. The van der Waals surface area contributed by atoms with Gasteiger partial charge in [0.2, 0.25) is 0 Å². The lowest BCUT2D eigenvalue weighted by Gasteiger charge is -2.16. The van der Waals surface area contributed by atoms with Gasteiger partial charge in [0.15, 0.2) is 0 Å². The summed E-state index contributed by atoms with van der Waals surface area (Å²) < 4.78 is 19.0. The molecule has 3 nitrogen and oxygen atoms in total. The smallest absolute Gasteiger partial charge is 0.133 e. The molecule has 0 heterocycles. The van der Waals surface area contributed by atoms with Crippen molar-refractivity contribution >= 4 is 5.69 Å². The molecular formula is C16H18FNO2. The maximum Gasteiger partial charge on any atom is 0.133 e. The number of aliphatic hydroxyl groups is 1. The highest BCUT2D eigenvalue weighted by Crippen LogP contribution is 2.31. The third-order valence-electron chi connectivity index (χ3n) is 2.98. The standard InChI is InChI=1S/C16H18FNO2/c1-11(19)15-9-12(17)7-8-16(15)20-14-6-4-5-13(10-14)18(2)3/h4-11,19H,1-3H3. The molecule has 0 aliphatic carbocycles. The second-order valence-electron chi connectivity index (χ2n) is 4.85. The first-order valence-electron chi connectivity index (χ1n) is 6.40. The number of rotatable bonds is 4. The van der Waals surface area contributed by atoms with Crippen LogP contribution < -0.4 is 9.64 Å². The molecule has 2 aromatic carbocycles. The Morgan fingerprint density at radius 1 is 1.15 bits per heavy atom. The summed E-state index contributed by atoms with van der Waals surface area (Å²) in [5.41, 5.74) is 1.43. The summed E-state index contributed by atoms with van der Waals surface area (Å²) in [5, 5.41) is 9.69. The van der Waals surface area contributed by atoms with Crippen LogP contribution in [0.5, 0.6) is 11.5 Å². The Labute approximate surface area is 118 Å². The first kappa shape index (κ1) is 14.3. The molecule has 106 valence electrons. The summed E-state index contributed by atoms with van der Waals surface area (Å²) >= 11 is 0. The monoisotopic (exact) mass is 275 g/mol. The fourth-order valence-electron chi connectivity index (χ4n) is 1.89. The second kappa shape index (κ2) is 5.92. The van der Waals surface area contributed by atoms with Crippen LogP contribution in [0.15, 0.2) is 42.5 Å². The van der Waals surface area contributed by atoms with Crippen molar-refractivity contribution in [2.75, 3.05) is 19.0 Å². The first-order valence-corrected chi connectivity index (χ1v) is 6.40. The molecule has 0 saturated heterocycles. The molecule has 20 heavy (non-hydrogen) atoms. The van der Waals surface area contributed by atoms with Gasteiger partial charge in [-0.3, -0.25) is 0 Å². The molecule has 0 amide bonds. The Morgan fingerprint density at radius 3 is 2.55 bits per heavy atom. The van der Waals surface area contributed by atoms with Gasteiger partial charge in [-0.15, -0.1) is 0 Å². The summed E-state index contributed by atoms with van der Waals surface area (Å²) in [4.78, 5) is 1.97. The third kappa shape index (κ3) is 3.27. The normalized spacial score (nSPS) is 12.1. The van der Waals surface area contributed by atoms with E-state index in [0.717, 1.165) is 5.69 Å². The van der Waals surface area contributed by atoms with Crippen molar-refractivity contribution in [3.63, 3.8) is 0 Å². The number of aliphatic hydroxyl groups excluding tert-OH is 1. The molecular weight excluding hydrogens is 257 g/mol. The van der Waals surface area contributed by atoms with E-state index in [1.165, 1.54) is 18.2 Å². The quantitative estimate of drug-likeness (QED) is 0.922. The average Bonchev–Trinajstić information content (AvgIpc) is 2.41. The Bertz CT molecular complexity index is 597. The molecule has 4 heteroatoms. The molecule has 0 aliphatic heterocycles. The van der Waals surface area contributed by atoms with Crippen LogP contribution in [0, 0.1) is 5.82 Å². The van der Waals surface area contributed by atoms with Crippen LogP contribution in [0.1, 0.15) is 18.6 Å². The molecule has 0 spiro atoms. The van der Waals surface area contributed by atoms with E-state index < -0.39 is 11.9 Å². The molecule has 0 fully saturated rings. The van der Waals surface area contributed by atoms with Gasteiger partial charge in [-0.05, 0) is 37.3 Å². The highest BCUT2D eigenvalue weighted by molar-refractivity contribution is 5.51. The van der Waals surface area contributed by atoms with E-state index in [-0.39, 0.29) is 0 Å². The summed E-state index contributed by atoms with van der Waals surface area (Å²) in [6, 6.07) is 11.7. The van der Waals surface area contributed by atoms with Gasteiger partial charge in [-0.25, -0.2) is 4.39 Å². The van der Waals surface area contributed by atoms with Crippen LogP contribution in [0.4, 0.5) is 10.1 Å². The number of benzene rings is 2. The van der Waals surface area contributed by atoms with Gasteiger partial charge < -0.3 is 14.7 Å². The van der Waals surface area contributed by atoms with E-state index in [4.69, 9.17) is 4.74 Å². The van der Waals surface area contributed by atoms with Crippen molar-refractivity contribution in [3.05, 3.63) is 53.8 Å². The van der Waals surface area contributed by atoms with Gasteiger partial charge in [0.25, 0.3) is 0 Å². The van der Waals surface area contributed by atoms with Gasteiger partial charge in [0.05, 0.1) is 6.10 Å². The Morgan fingerprint density at radius 2 is 1.90 bits per heavy atom. The van der Waals surface area contributed by atoms with Crippen molar-refractivity contribution in [1.82, 2.24) is 0 Å². The van der Waals surface area contributed by atoms with Crippen molar-refractivity contribution in [3.8, 4) is 11.5 Å². The van der Waals surface area contributed by atoms with Crippen LogP contribution in [0.25, 0.3) is 0 Å². The Hall–Kier alpha value is -2.07. The zero-order valence-electron chi connectivity index (χ0n) is 11.8. The number of ether oxygens (including phenoxy) is 1. The summed E-state index contributed by atoms with van der Waals surface area (Å²) in [5.74, 6) is 0.706. The van der Waals surface area contributed by atoms with E-state index in [9.17, 15) is 9.50 Å². The number of anilines is 1. The lowest BCUT2D eigenvalue weighted by Crippen LogP contribution is -2.08. The van der Waals surface area contributed by atoms with Crippen LogP contribution in [0.3, 0.4) is 0 Å². The van der Waals surface area contributed by atoms with Gasteiger partial charge in [0.1, 0.15) is 17.3 Å². The van der Waals surface area contributed by atoms with Crippen molar-refractivity contribution in [2.45, 2.75) is 13.0 Å². The largest absolute Gasteiger partial charge is 0.457 e. The summed E-state index contributed by atoms with van der Waals surface area (Å²) in [7, 11) is 3.89. The third-order valence-corrected chi connectivity index (χ3v) is 2.98. The van der Waals surface area contributed by atoms with E-state index >= 15 is 0 Å². The highest BCUT2D eigenvalue weighted by Gasteiger charge is 2.11.